The maximum atomic E-state index is 5.81. The first-order valence-electron chi connectivity index (χ1n) is 13.2. The van der Waals surface area contributed by atoms with Gasteiger partial charge < -0.3 is 9.47 Å². The van der Waals surface area contributed by atoms with Crippen LogP contribution in [-0.2, 0) is 22.3 Å². The van der Waals surface area contributed by atoms with Crippen LogP contribution in [0.2, 0.25) is 0 Å². The molecular formula is C30H40O2. The predicted molar refractivity (Wildman–Crippen MR) is 131 cm³/mol. The summed E-state index contributed by atoms with van der Waals surface area (Å²) in [6, 6.07) is 19.0. The smallest absolute Gasteiger partial charge is 0.0838 e. The fourth-order valence-corrected chi connectivity index (χ4v) is 6.15. The van der Waals surface area contributed by atoms with Crippen molar-refractivity contribution < 1.29 is 9.47 Å². The fourth-order valence-electron chi connectivity index (χ4n) is 6.15. The molecule has 2 saturated carbocycles. The second kappa shape index (κ2) is 10.5. The largest absolute Gasteiger partial charge is 0.379 e. The van der Waals surface area contributed by atoms with Gasteiger partial charge >= 0.3 is 0 Å². The second-order valence-corrected chi connectivity index (χ2v) is 10.4. The van der Waals surface area contributed by atoms with Gasteiger partial charge in [0, 0.05) is 6.61 Å². The van der Waals surface area contributed by atoms with Crippen molar-refractivity contribution >= 4 is 0 Å². The minimum Gasteiger partial charge on any atom is -0.379 e. The minimum atomic E-state index is 0.495. The van der Waals surface area contributed by atoms with E-state index in [-0.39, 0.29) is 0 Å². The van der Waals surface area contributed by atoms with Gasteiger partial charge in [0.2, 0.25) is 0 Å². The van der Waals surface area contributed by atoms with Gasteiger partial charge in [0.25, 0.3) is 0 Å². The maximum absolute atomic E-state index is 5.81. The lowest BCUT2D eigenvalue weighted by Gasteiger charge is -2.28. The molecule has 0 amide bonds. The first-order chi connectivity index (χ1) is 15.8. The second-order valence-electron chi connectivity index (χ2n) is 10.4. The molecule has 32 heavy (non-hydrogen) atoms. The molecule has 0 radical (unpaired) electrons. The van der Waals surface area contributed by atoms with Crippen molar-refractivity contribution in [3.05, 3.63) is 70.8 Å². The van der Waals surface area contributed by atoms with E-state index in [1.54, 1.807) is 5.56 Å². The Morgan fingerprint density at radius 2 is 1.16 bits per heavy atom. The molecule has 0 aromatic heterocycles. The van der Waals surface area contributed by atoms with Crippen LogP contribution in [0, 0.1) is 5.92 Å². The summed E-state index contributed by atoms with van der Waals surface area (Å²) < 4.78 is 11.3. The highest BCUT2D eigenvalue weighted by molar-refractivity contribution is 5.29. The monoisotopic (exact) mass is 432 g/mol. The number of hydrogen-bond acceptors (Lipinski definition) is 2. The summed E-state index contributed by atoms with van der Waals surface area (Å²) in [5.74, 6) is 2.32. The van der Waals surface area contributed by atoms with Gasteiger partial charge in [0.15, 0.2) is 0 Å². The number of hydrogen-bond donors (Lipinski definition) is 0. The Morgan fingerprint density at radius 1 is 0.688 bits per heavy atom. The lowest BCUT2D eigenvalue weighted by molar-refractivity contribution is 0.0328. The van der Waals surface area contributed by atoms with Gasteiger partial charge in [-0.15, -0.1) is 0 Å². The lowest BCUT2D eigenvalue weighted by atomic mass is 9.77. The molecule has 1 aliphatic heterocycles. The van der Waals surface area contributed by atoms with E-state index >= 15 is 0 Å². The normalized spacial score (nSPS) is 30.2. The Kier molecular flexibility index (Phi) is 7.29. The van der Waals surface area contributed by atoms with Crippen molar-refractivity contribution in [3.63, 3.8) is 0 Å². The Bertz CT molecular complexity index is 820. The molecule has 2 aromatic carbocycles. The van der Waals surface area contributed by atoms with Gasteiger partial charge in [-0.25, -0.2) is 0 Å². The molecule has 1 unspecified atom stereocenters. The summed E-state index contributed by atoms with van der Waals surface area (Å²) in [6.07, 6.45) is 13.7. The first-order valence-corrected chi connectivity index (χ1v) is 13.2. The molecule has 0 spiro atoms. The van der Waals surface area contributed by atoms with E-state index in [0.29, 0.717) is 12.2 Å². The van der Waals surface area contributed by atoms with Crippen molar-refractivity contribution in [1.82, 2.24) is 0 Å². The minimum absolute atomic E-state index is 0.495. The van der Waals surface area contributed by atoms with Crippen molar-refractivity contribution in [1.29, 1.82) is 0 Å². The van der Waals surface area contributed by atoms with Crippen LogP contribution in [0.5, 0.6) is 0 Å². The highest BCUT2D eigenvalue weighted by Gasteiger charge is 2.35. The number of aryl methyl sites for hydroxylation is 2. The van der Waals surface area contributed by atoms with Crippen LogP contribution >= 0.6 is 0 Å². The molecular weight excluding hydrogens is 392 g/mol. The van der Waals surface area contributed by atoms with Gasteiger partial charge in [-0.3, -0.25) is 0 Å². The summed E-state index contributed by atoms with van der Waals surface area (Å²) >= 11 is 0. The van der Waals surface area contributed by atoms with Gasteiger partial charge in [-0.1, -0.05) is 48.5 Å². The molecule has 2 aliphatic carbocycles. The topological polar surface area (TPSA) is 21.8 Å². The lowest BCUT2D eigenvalue weighted by Crippen LogP contribution is -2.20. The quantitative estimate of drug-likeness (QED) is 0.411. The van der Waals surface area contributed by atoms with Gasteiger partial charge in [-0.2, -0.15) is 0 Å². The van der Waals surface area contributed by atoms with Crippen LogP contribution in [0.1, 0.15) is 92.4 Å². The summed E-state index contributed by atoms with van der Waals surface area (Å²) in [7, 11) is 0. The van der Waals surface area contributed by atoms with Crippen LogP contribution in [0.15, 0.2) is 48.5 Å². The zero-order valence-electron chi connectivity index (χ0n) is 19.8. The van der Waals surface area contributed by atoms with Crippen LogP contribution in [0.25, 0.3) is 0 Å². The van der Waals surface area contributed by atoms with E-state index in [1.165, 1.54) is 68.1 Å². The molecule has 3 fully saturated rings. The van der Waals surface area contributed by atoms with E-state index in [9.17, 15) is 0 Å². The third-order valence-corrected chi connectivity index (χ3v) is 8.34. The zero-order valence-corrected chi connectivity index (χ0v) is 19.8. The van der Waals surface area contributed by atoms with Gasteiger partial charge in [0.1, 0.15) is 0 Å². The van der Waals surface area contributed by atoms with E-state index in [2.05, 4.69) is 55.5 Å². The van der Waals surface area contributed by atoms with Crippen LogP contribution < -0.4 is 0 Å². The third-order valence-electron chi connectivity index (χ3n) is 8.34. The molecule has 1 saturated heterocycles. The SMILES string of the molecule is CCOC1CCC(c2ccc(CCc3ccc(C4CCC(C5CO5)CC4)cc3)cc2)CC1. The number of epoxide rings is 1. The molecule has 0 N–H and O–H groups in total. The number of rotatable bonds is 8. The van der Waals surface area contributed by atoms with E-state index in [4.69, 9.17) is 9.47 Å². The van der Waals surface area contributed by atoms with Crippen molar-refractivity contribution in [3.8, 4) is 0 Å². The molecule has 1 heterocycles. The highest BCUT2D eigenvalue weighted by Crippen LogP contribution is 2.40. The Hall–Kier alpha value is -1.64. The van der Waals surface area contributed by atoms with Gasteiger partial charge in [0.05, 0.1) is 18.8 Å². The molecule has 172 valence electrons. The van der Waals surface area contributed by atoms with Crippen molar-refractivity contribution in [2.45, 2.75) is 95.2 Å². The Morgan fingerprint density at radius 3 is 1.59 bits per heavy atom. The fraction of sp³-hybridized carbons (Fsp3) is 0.600. The van der Waals surface area contributed by atoms with Crippen molar-refractivity contribution in [2.24, 2.45) is 5.92 Å². The highest BCUT2D eigenvalue weighted by atomic mass is 16.6. The summed E-state index contributed by atoms with van der Waals surface area (Å²) in [5.41, 5.74) is 6.00. The average Bonchev–Trinajstić information content (AvgIpc) is 3.70. The van der Waals surface area contributed by atoms with Crippen molar-refractivity contribution in [2.75, 3.05) is 13.2 Å². The maximum Gasteiger partial charge on any atom is 0.0838 e. The van der Waals surface area contributed by atoms with Crippen LogP contribution in [0.4, 0.5) is 0 Å². The average molecular weight is 433 g/mol. The molecule has 2 heteroatoms. The van der Waals surface area contributed by atoms with E-state index < -0.39 is 0 Å². The third kappa shape index (κ3) is 5.64. The number of ether oxygens (including phenoxy) is 2. The molecule has 2 aromatic rings. The van der Waals surface area contributed by atoms with Crippen LogP contribution in [0.3, 0.4) is 0 Å². The van der Waals surface area contributed by atoms with E-state index in [0.717, 1.165) is 43.8 Å². The molecule has 3 aliphatic rings. The van der Waals surface area contributed by atoms with Crippen LogP contribution in [-0.4, -0.2) is 25.4 Å². The Balaban J connectivity index is 1.08. The standard InChI is InChI=1S/C30H40O2/c1-2-31-29-19-17-27(18-20-29)25-11-7-23(8-12-25)4-3-22-5-9-24(10-6-22)26-13-15-28(16-14-26)30-21-32-30/h5-12,26-30H,2-4,13-21H2,1H3. The molecule has 5 rings (SSSR count). The molecule has 0 bridgehead atoms. The summed E-state index contributed by atoms with van der Waals surface area (Å²) in [4.78, 5) is 0. The van der Waals surface area contributed by atoms with Gasteiger partial charge in [-0.05, 0) is 111 Å². The molecule has 1 atom stereocenters. The zero-order chi connectivity index (χ0) is 21.8. The van der Waals surface area contributed by atoms with E-state index in [1.807, 2.05) is 0 Å². The summed E-state index contributed by atoms with van der Waals surface area (Å²) in [5, 5.41) is 0. The Labute approximate surface area is 194 Å². The number of benzene rings is 2. The molecule has 2 nitrogen and oxygen atoms in total. The predicted octanol–water partition coefficient (Wildman–Crippen LogP) is 7.21. The summed E-state index contributed by atoms with van der Waals surface area (Å²) in [6.45, 7) is 3.97. The first kappa shape index (κ1) is 22.2.